The van der Waals surface area contributed by atoms with Crippen LogP contribution in [0.25, 0.3) is 0 Å². The van der Waals surface area contributed by atoms with Crippen molar-refractivity contribution in [2.24, 2.45) is 35.5 Å². The number of allylic oxidation sites excluding steroid dienone is 8. The van der Waals surface area contributed by atoms with Crippen LogP contribution in [0, 0.1) is 35.5 Å². The van der Waals surface area contributed by atoms with Crippen LogP contribution in [0.1, 0.15) is 95.9 Å². The van der Waals surface area contributed by atoms with Gasteiger partial charge in [-0.15, -0.1) is 0 Å². The van der Waals surface area contributed by atoms with Crippen LogP contribution in [0.5, 0.6) is 0 Å². The van der Waals surface area contributed by atoms with E-state index in [4.69, 9.17) is 0 Å². The Kier molecular flexibility index (Phi) is 8.98. The molecule has 0 fully saturated rings. The van der Waals surface area contributed by atoms with E-state index < -0.39 is 33.8 Å². The third-order valence-corrected chi connectivity index (χ3v) is 10.3. The summed E-state index contributed by atoms with van der Waals surface area (Å²) in [4.78, 5) is 0. The van der Waals surface area contributed by atoms with Gasteiger partial charge >= 0.3 is 202 Å². The fraction of sp³-hybridized carbons (Fsp3) is 0.714. The summed E-state index contributed by atoms with van der Waals surface area (Å²) in [5.41, 5.74) is 10.6. The average molecular weight is 423 g/mol. The molecular formula is C28H46Ca. The Hall–Kier alpha value is 0.220. The van der Waals surface area contributed by atoms with Gasteiger partial charge in [-0.1, -0.05) is 0 Å². The van der Waals surface area contributed by atoms with Crippen LogP contribution in [0.15, 0.2) is 36.8 Å². The fourth-order valence-electron chi connectivity index (χ4n) is 5.97. The first kappa shape index (κ1) is 25.5. The Morgan fingerprint density at radius 3 is 0.897 bits per heavy atom. The molecular weight excluding hydrogens is 376 g/mol. The maximum atomic E-state index is 2.44. The topological polar surface area (TPSA) is 0 Å². The van der Waals surface area contributed by atoms with Crippen LogP contribution in [0.2, 0.25) is 0 Å². The minimum absolute atomic E-state index is 0.655. The van der Waals surface area contributed by atoms with Crippen LogP contribution in [0.4, 0.5) is 0 Å². The van der Waals surface area contributed by atoms with Crippen LogP contribution >= 0.6 is 0 Å². The third-order valence-electron chi connectivity index (χ3n) is 6.97. The zero-order chi connectivity index (χ0) is 22.2. The second kappa shape index (κ2) is 10.2. The van der Waals surface area contributed by atoms with E-state index in [9.17, 15) is 0 Å². The maximum absolute atomic E-state index is 2.44. The van der Waals surface area contributed by atoms with Crippen LogP contribution in [-0.4, -0.2) is 33.8 Å². The first-order valence-corrected chi connectivity index (χ1v) is 14.5. The van der Waals surface area contributed by atoms with Crippen molar-refractivity contribution in [3.63, 3.8) is 0 Å². The van der Waals surface area contributed by atoms with Crippen molar-refractivity contribution in [3.05, 3.63) is 36.8 Å². The normalized spacial score (nSPS) is 18.6. The molecule has 0 N–H and O–H groups in total. The van der Waals surface area contributed by atoms with E-state index >= 15 is 0 Å². The summed E-state index contributed by atoms with van der Waals surface area (Å²) in [5.74, 6) is 3.99. The zero-order valence-corrected chi connectivity index (χ0v) is 23.8. The molecule has 0 amide bonds. The Labute approximate surface area is 200 Å². The molecule has 0 aromatic heterocycles. The zero-order valence-electron chi connectivity index (χ0n) is 21.6. The van der Waals surface area contributed by atoms with Gasteiger partial charge in [-0.25, -0.2) is 0 Å². The molecule has 0 unspecified atom stereocenters. The van der Waals surface area contributed by atoms with Crippen molar-refractivity contribution < 1.29 is 0 Å². The van der Waals surface area contributed by atoms with Crippen LogP contribution < -0.4 is 0 Å². The predicted molar refractivity (Wildman–Crippen MR) is 132 cm³/mol. The standard InChI is InChI=1S/2C14H23.Ca/c2*1-9(2)12-7-8-13(10(3)4)14(12)11(5)6;/h2*9-11H,7H2,1-6H3;. The second-order valence-electron chi connectivity index (χ2n) is 11.4. The molecule has 0 saturated carbocycles. The van der Waals surface area contributed by atoms with Crippen LogP contribution in [0.3, 0.4) is 0 Å². The minimum atomic E-state index is -0.952. The Morgan fingerprint density at radius 1 is 0.414 bits per heavy atom. The van der Waals surface area contributed by atoms with E-state index in [1.54, 1.807) is 33.4 Å². The molecule has 0 saturated heterocycles. The summed E-state index contributed by atoms with van der Waals surface area (Å²) >= 11 is -0.952. The summed E-state index contributed by atoms with van der Waals surface area (Å²) in [6.45, 7) is 29.1. The second-order valence-corrected chi connectivity index (χ2v) is 14.6. The summed E-state index contributed by atoms with van der Waals surface area (Å²) in [5, 5.41) is 0. The van der Waals surface area contributed by atoms with Crippen LogP contribution in [-0.2, 0) is 0 Å². The Morgan fingerprint density at radius 2 is 0.690 bits per heavy atom. The first-order valence-electron chi connectivity index (χ1n) is 12.3. The molecule has 0 atom stereocenters. The van der Waals surface area contributed by atoms with E-state index in [0.29, 0.717) is 35.5 Å². The molecule has 2 aliphatic carbocycles. The molecule has 1 heteroatoms. The molecule has 0 heterocycles. The van der Waals surface area contributed by atoms with Gasteiger partial charge in [0.1, 0.15) is 0 Å². The summed E-state index contributed by atoms with van der Waals surface area (Å²) in [6.07, 6.45) is 2.59. The summed E-state index contributed by atoms with van der Waals surface area (Å²) < 4.78 is 3.84. The Bertz CT molecular complexity index is 681. The van der Waals surface area contributed by atoms with E-state index in [-0.39, 0.29) is 0 Å². The predicted octanol–water partition coefficient (Wildman–Crippen LogP) is 8.54. The monoisotopic (exact) mass is 422 g/mol. The van der Waals surface area contributed by atoms with Crippen molar-refractivity contribution in [2.75, 3.05) is 0 Å². The molecule has 2 rings (SSSR count). The third kappa shape index (κ3) is 5.35. The molecule has 0 bridgehead atoms. The van der Waals surface area contributed by atoms with E-state index in [0.717, 1.165) is 0 Å². The molecule has 0 radical (unpaired) electrons. The van der Waals surface area contributed by atoms with Gasteiger partial charge in [-0.3, -0.25) is 0 Å². The van der Waals surface area contributed by atoms with Gasteiger partial charge in [0.15, 0.2) is 0 Å². The quantitative estimate of drug-likeness (QED) is 0.344. The molecule has 0 spiro atoms. The molecule has 29 heavy (non-hydrogen) atoms. The average Bonchev–Trinajstić information content (AvgIpc) is 3.14. The molecule has 0 aromatic carbocycles. The van der Waals surface area contributed by atoms with Gasteiger partial charge in [-0.2, -0.15) is 0 Å². The van der Waals surface area contributed by atoms with Gasteiger partial charge in [-0.05, 0) is 0 Å². The SMILES string of the molecule is CC(C)C1=C(C(C)C)C(C(C)C)=[C]([Ca][C]2=C(C(C)C)C(C(C)C)=C(C(C)C)C2)C1. The van der Waals surface area contributed by atoms with Crippen molar-refractivity contribution in [2.45, 2.75) is 95.9 Å². The van der Waals surface area contributed by atoms with E-state index in [1.807, 2.05) is 3.34 Å². The van der Waals surface area contributed by atoms with Crippen molar-refractivity contribution in [1.82, 2.24) is 0 Å². The number of hydrogen-bond donors (Lipinski definition) is 0. The van der Waals surface area contributed by atoms with Gasteiger partial charge in [0.25, 0.3) is 0 Å². The van der Waals surface area contributed by atoms with E-state index in [1.165, 1.54) is 12.8 Å². The first-order chi connectivity index (χ1) is 13.4. The Balaban J connectivity index is 2.54. The van der Waals surface area contributed by atoms with Crippen molar-refractivity contribution in [1.29, 1.82) is 0 Å². The fourth-order valence-corrected chi connectivity index (χ4v) is 10.5. The molecule has 0 nitrogen and oxygen atoms in total. The van der Waals surface area contributed by atoms with E-state index in [2.05, 4.69) is 83.1 Å². The van der Waals surface area contributed by atoms with Gasteiger partial charge in [0.05, 0.1) is 0 Å². The summed E-state index contributed by atoms with van der Waals surface area (Å²) in [7, 11) is 0. The van der Waals surface area contributed by atoms with Gasteiger partial charge < -0.3 is 0 Å². The molecule has 160 valence electrons. The molecule has 2 aliphatic rings. The van der Waals surface area contributed by atoms with Crippen molar-refractivity contribution >= 4 is 33.8 Å². The molecule has 0 aliphatic heterocycles. The van der Waals surface area contributed by atoms with Gasteiger partial charge in [0.2, 0.25) is 0 Å². The number of rotatable bonds is 8. The summed E-state index contributed by atoms with van der Waals surface area (Å²) in [6, 6.07) is 0. The number of hydrogen-bond acceptors (Lipinski definition) is 0. The van der Waals surface area contributed by atoms with Crippen molar-refractivity contribution in [3.8, 4) is 0 Å². The molecule has 0 aromatic rings. The van der Waals surface area contributed by atoms with Gasteiger partial charge in [0, 0.05) is 0 Å².